The summed E-state index contributed by atoms with van der Waals surface area (Å²) < 4.78 is 39.4. The lowest BCUT2D eigenvalue weighted by Crippen LogP contribution is -2.59. The maximum absolute atomic E-state index is 13.4. The molecule has 0 bridgehead atoms. The van der Waals surface area contributed by atoms with Gasteiger partial charge in [-0.15, -0.1) is 0 Å². The molecule has 4 nitrogen and oxygen atoms in total. The Morgan fingerprint density at radius 1 is 1.33 bits per heavy atom. The summed E-state index contributed by atoms with van der Waals surface area (Å²) in [7, 11) is 0.282. The molecule has 1 aromatic rings. The normalized spacial score (nSPS) is 18.1. The lowest BCUT2D eigenvalue weighted by atomic mass is 10.2. The SMILES string of the molecule is Cc1c(F)cccc1S(=O)(=O)N1CC(N(C)C)C1. The van der Waals surface area contributed by atoms with Crippen LogP contribution in [0.15, 0.2) is 23.1 Å². The molecule has 0 aromatic heterocycles. The van der Waals surface area contributed by atoms with Crippen molar-refractivity contribution in [1.29, 1.82) is 0 Å². The minimum Gasteiger partial charge on any atom is -0.304 e. The van der Waals surface area contributed by atoms with Crippen molar-refractivity contribution in [3.8, 4) is 0 Å². The number of rotatable bonds is 3. The molecule has 100 valence electrons. The van der Waals surface area contributed by atoms with Gasteiger partial charge >= 0.3 is 0 Å². The van der Waals surface area contributed by atoms with E-state index in [4.69, 9.17) is 0 Å². The first kappa shape index (κ1) is 13.5. The quantitative estimate of drug-likeness (QED) is 0.826. The Bertz CT molecular complexity index is 551. The third-order valence-electron chi connectivity index (χ3n) is 3.39. The van der Waals surface area contributed by atoms with E-state index < -0.39 is 15.8 Å². The van der Waals surface area contributed by atoms with Crippen molar-refractivity contribution in [2.24, 2.45) is 0 Å². The van der Waals surface area contributed by atoms with E-state index in [1.54, 1.807) is 0 Å². The van der Waals surface area contributed by atoms with Crippen molar-refractivity contribution in [2.75, 3.05) is 27.2 Å². The number of sulfonamides is 1. The summed E-state index contributed by atoms with van der Waals surface area (Å²) in [5, 5.41) is 0. The summed E-state index contributed by atoms with van der Waals surface area (Å²) >= 11 is 0. The Kier molecular flexibility index (Phi) is 3.44. The summed E-state index contributed by atoms with van der Waals surface area (Å²) in [6.45, 7) is 2.42. The van der Waals surface area contributed by atoms with Crippen LogP contribution >= 0.6 is 0 Å². The number of halogens is 1. The van der Waals surface area contributed by atoms with E-state index in [2.05, 4.69) is 0 Å². The monoisotopic (exact) mass is 272 g/mol. The fourth-order valence-electron chi connectivity index (χ4n) is 1.95. The third-order valence-corrected chi connectivity index (χ3v) is 5.37. The molecule has 0 atom stereocenters. The van der Waals surface area contributed by atoms with Crippen LogP contribution in [0.3, 0.4) is 0 Å². The van der Waals surface area contributed by atoms with Crippen molar-refractivity contribution in [1.82, 2.24) is 9.21 Å². The van der Waals surface area contributed by atoms with Crippen LogP contribution in [0.5, 0.6) is 0 Å². The summed E-state index contributed by atoms with van der Waals surface area (Å²) in [4.78, 5) is 2.06. The molecule has 18 heavy (non-hydrogen) atoms. The second kappa shape index (κ2) is 4.60. The van der Waals surface area contributed by atoms with Crippen LogP contribution in [-0.2, 0) is 10.0 Å². The highest BCUT2D eigenvalue weighted by molar-refractivity contribution is 7.89. The molecule has 0 unspecified atom stereocenters. The van der Waals surface area contributed by atoms with Gasteiger partial charge in [-0.05, 0) is 33.2 Å². The Hall–Kier alpha value is -0.980. The van der Waals surface area contributed by atoms with E-state index in [1.807, 2.05) is 19.0 Å². The smallest absolute Gasteiger partial charge is 0.243 e. The first-order chi connectivity index (χ1) is 8.34. The molecule has 0 aliphatic carbocycles. The molecule has 1 saturated heterocycles. The van der Waals surface area contributed by atoms with E-state index in [1.165, 1.54) is 29.4 Å². The average Bonchev–Trinajstić information content (AvgIpc) is 2.18. The third kappa shape index (κ3) is 2.15. The molecule has 0 N–H and O–H groups in total. The Morgan fingerprint density at radius 3 is 2.50 bits per heavy atom. The molecule has 1 aromatic carbocycles. The molecule has 6 heteroatoms. The fraction of sp³-hybridized carbons (Fsp3) is 0.500. The van der Waals surface area contributed by atoms with Crippen LogP contribution < -0.4 is 0 Å². The zero-order valence-electron chi connectivity index (χ0n) is 10.7. The Balaban J connectivity index is 2.26. The van der Waals surface area contributed by atoms with E-state index in [9.17, 15) is 12.8 Å². The van der Waals surface area contributed by atoms with Gasteiger partial charge in [0.25, 0.3) is 0 Å². The molecule has 0 saturated carbocycles. The van der Waals surface area contributed by atoms with Gasteiger partial charge in [-0.1, -0.05) is 6.07 Å². The van der Waals surface area contributed by atoms with Crippen LogP contribution in [0.1, 0.15) is 5.56 Å². The molecular weight excluding hydrogens is 255 g/mol. The predicted octanol–water partition coefficient (Wildman–Crippen LogP) is 1.07. The largest absolute Gasteiger partial charge is 0.304 e. The topological polar surface area (TPSA) is 40.6 Å². The maximum atomic E-state index is 13.4. The Labute approximate surface area is 107 Å². The zero-order chi connectivity index (χ0) is 13.5. The first-order valence-corrected chi connectivity index (χ1v) is 7.19. The minimum absolute atomic E-state index is 0.0692. The summed E-state index contributed by atoms with van der Waals surface area (Å²) in [6.07, 6.45) is 0. The molecule has 1 aliphatic rings. The average molecular weight is 272 g/mol. The van der Waals surface area contributed by atoms with Crippen molar-refractivity contribution in [3.05, 3.63) is 29.6 Å². The van der Waals surface area contributed by atoms with Crippen LogP contribution in [0.2, 0.25) is 0 Å². The molecular formula is C12H17FN2O2S. The number of hydrogen-bond acceptors (Lipinski definition) is 3. The van der Waals surface area contributed by atoms with Crippen molar-refractivity contribution >= 4 is 10.0 Å². The van der Waals surface area contributed by atoms with E-state index >= 15 is 0 Å². The zero-order valence-corrected chi connectivity index (χ0v) is 11.5. The summed E-state index contributed by atoms with van der Waals surface area (Å²) in [6, 6.07) is 4.40. The molecule has 0 radical (unpaired) electrons. The van der Waals surface area contributed by atoms with E-state index in [-0.39, 0.29) is 16.5 Å². The predicted molar refractivity (Wildman–Crippen MR) is 67.4 cm³/mol. The van der Waals surface area contributed by atoms with E-state index in [0.717, 1.165) is 0 Å². The van der Waals surface area contributed by atoms with Crippen molar-refractivity contribution < 1.29 is 12.8 Å². The molecule has 1 aliphatic heterocycles. The fourth-order valence-corrected chi connectivity index (χ4v) is 3.70. The molecule has 1 heterocycles. The maximum Gasteiger partial charge on any atom is 0.243 e. The van der Waals surface area contributed by atoms with Gasteiger partial charge in [0.2, 0.25) is 10.0 Å². The standard InChI is InChI=1S/C12H17FN2O2S/c1-9-11(13)5-4-6-12(9)18(16,17)15-7-10(8-15)14(2)3/h4-6,10H,7-8H2,1-3H3. The van der Waals surface area contributed by atoms with Gasteiger partial charge in [-0.3, -0.25) is 0 Å². The highest BCUT2D eigenvalue weighted by Gasteiger charge is 2.38. The summed E-state index contributed by atoms with van der Waals surface area (Å²) in [5.41, 5.74) is 0.186. The Morgan fingerprint density at radius 2 is 1.94 bits per heavy atom. The van der Waals surface area contributed by atoms with Crippen LogP contribution in [0, 0.1) is 12.7 Å². The second-order valence-electron chi connectivity index (χ2n) is 4.80. The van der Waals surface area contributed by atoms with Crippen LogP contribution in [0.25, 0.3) is 0 Å². The minimum atomic E-state index is -3.56. The molecule has 1 fully saturated rings. The van der Waals surface area contributed by atoms with Gasteiger partial charge in [-0.25, -0.2) is 12.8 Å². The van der Waals surface area contributed by atoms with Gasteiger partial charge in [0.05, 0.1) is 4.90 Å². The van der Waals surface area contributed by atoms with Crippen LogP contribution in [0.4, 0.5) is 4.39 Å². The van der Waals surface area contributed by atoms with Gasteiger partial charge < -0.3 is 4.90 Å². The first-order valence-electron chi connectivity index (χ1n) is 5.75. The number of hydrogen-bond donors (Lipinski definition) is 0. The van der Waals surface area contributed by atoms with Gasteiger partial charge in [-0.2, -0.15) is 4.31 Å². The highest BCUT2D eigenvalue weighted by atomic mass is 32.2. The van der Waals surface area contributed by atoms with Gasteiger partial charge in [0.1, 0.15) is 5.82 Å². The van der Waals surface area contributed by atoms with Crippen molar-refractivity contribution in [2.45, 2.75) is 17.9 Å². The lowest BCUT2D eigenvalue weighted by molar-refractivity contribution is 0.134. The summed E-state index contributed by atoms with van der Waals surface area (Å²) in [5.74, 6) is -0.485. The number of benzene rings is 1. The number of nitrogens with zero attached hydrogens (tertiary/aromatic N) is 2. The van der Waals surface area contributed by atoms with Gasteiger partial charge in [0.15, 0.2) is 0 Å². The molecule has 2 rings (SSSR count). The van der Waals surface area contributed by atoms with Gasteiger partial charge in [0, 0.05) is 24.7 Å². The highest BCUT2D eigenvalue weighted by Crippen LogP contribution is 2.26. The molecule has 0 spiro atoms. The lowest BCUT2D eigenvalue weighted by Gasteiger charge is -2.41. The van der Waals surface area contributed by atoms with Crippen LogP contribution in [-0.4, -0.2) is 50.8 Å². The van der Waals surface area contributed by atoms with Crippen molar-refractivity contribution in [3.63, 3.8) is 0 Å². The second-order valence-corrected chi connectivity index (χ2v) is 6.71. The van der Waals surface area contributed by atoms with E-state index in [0.29, 0.717) is 13.1 Å². The molecule has 0 amide bonds. The number of likely N-dealkylation sites (N-methyl/N-ethyl adjacent to an activating group) is 1.